The lowest BCUT2D eigenvalue weighted by molar-refractivity contribution is -0.118. The van der Waals surface area contributed by atoms with Crippen LogP contribution < -0.4 is 0 Å². The van der Waals surface area contributed by atoms with Crippen LogP contribution in [0.15, 0.2) is 28.9 Å². The van der Waals surface area contributed by atoms with Gasteiger partial charge in [-0.3, -0.25) is 14.6 Å². The predicted molar refractivity (Wildman–Crippen MR) is 57.1 cm³/mol. The monoisotopic (exact) mass is 243 g/mol. The second kappa shape index (κ2) is 6.15. The zero-order chi connectivity index (χ0) is 12.8. The summed E-state index contributed by atoms with van der Waals surface area (Å²) >= 11 is 0. The van der Waals surface area contributed by atoms with Crippen molar-refractivity contribution in [2.75, 3.05) is 13.7 Å². The molecule has 0 fully saturated rings. The number of carbonyl (C=O) groups excluding carboxylic acids is 2. The molecule has 0 bridgehead atoms. The molecule has 0 saturated heterocycles. The molecular formula is C11H11F2NO3. The van der Waals surface area contributed by atoms with Gasteiger partial charge in [0.2, 0.25) is 6.43 Å². The van der Waals surface area contributed by atoms with E-state index in [0.29, 0.717) is 0 Å². The van der Waals surface area contributed by atoms with Crippen LogP contribution in [0.1, 0.15) is 0 Å². The molecule has 1 unspecified atom stereocenters. The number of ether oxygens (including phenoxy) is 1. The molecular weight excluding hydrogens is 232 g/mol. The van der Waals surface area contributed by atoms with E-state index in [2.05, 4.69) is 9.73 Å². The van der Waals surface area contributed by atoms with Crippen molar-refractivity contribution in [3.63, 3.8) is 0 Å². The molecule has 1 atom stereocenters. The Bertz CT molecular complexity index is 400. The Hall–Kier alpha value is -1.69. The molecule has 1 heterocycles. The number of Topliss-reactive ketones (excluding diaryl/α,β-unsaturated/α-hetero) is 1. The van der Waals surface area contributed by atoms with E-state index < -0.39 is 12.3 Å². The first-order valence-corrected chi connectivity index (χ1v) is 4.81. The summed E-state index contributed by atoms with van der Waals surface area (Å²) in [6.07, 6.45) is 0.967. The average Bonchev–Trinajstić information content (AvgIpc) is 2.51. The standard InChI is InChI=1S/C11H11F2NO3/c1-17-6-10(16)7-2-3-8(11(12)13)9(5-15)14-4-7/h2-5,8,11H,6H2,1H3. The number of rotatable bonds is 5. The molecule has 0 radical (unpaired) electrons. The van der Waals surface area contributed by atoms with E-state index in [-0.39, 0.29) is 30.0 Å². The van der Waals surface area contributed by atoms with Crippen molar-refractivity contribution < 1.29 is 23.1 Å². The number of carbonyl (C=O) groups is 2. The number of hydrogen-bond acceptors (Lipinski definition) is 4. The highest BCUT2D eigenvalue weighted by atomic mass is 19.3. The van der Waals surface area contributed by atoms with Crippen LogP contribution >= 0.6 is 0 Å². The Morgan fingerprint density at radius 2 is 2.35 bits per heavy atom. The fourth-order valence-corrected chi connectivity index (χ4v) is 1.28. The molecule has 17 heavy (non-hydrogen) atoms. The number of methoxy groups -OCH3 is 1. The van der Waals surface area contributed by atoms with Gasteiger partial charge in [0.15, 0.2) is 12.1 Å². The third kappa shape index (κ3) is 3.39. The number of aldehydes is 1. The van der Waals surface area contributed by atoms with Gasteiger partial charge in [0, 0.05) is 18.9 Å². The van der Waals surface area contributed by atoms with Crippen LogP contribution in [0.3, 0.4) is 0 Å². The van der Waals surface area contributed by atoms with Crippen molar-refractivity contribution in [1.82, 2.24) is 0 Å². The number of allylic oxidation sites excluding steroid dienone is 2. The van der Waals surface area contributed by atoms with E-state index in [9.17, 15) is 18.4 Å². The minimum atomic E-state index is -2.74. The molecule has 0 N–H and O–H groups in total. The molecule has 0 spiro atoms. The molecule has 0 aromatic heterocycles. The van der Waals surface area contributed by atoms with Crippen LogP contribution in [0.5, 0.6) is 0 Å². The third-order valence-corrected chi connectivity index (χ3v) is 2.17. The summed E-state index contributed by atoms with van der Waals surface area (Å²) in [4.78, 5) is 25.6. The summed E-state index contributed by atoms with van der Waals surface area (Å²) in [5, 5.41) is 0. The first-order chi connectivity index (χ1) is 8.10. The largest absolute Gasteiger partial charge is 0.377 e. The van der Waals surface area contributed by atoms with Crippen LogP contribution in [0.25, 0.3) is 0 Å². The van der Waals surface area contributed by atoms with Gasteiger partial charge in [0.25, 0.3) is 0 Å². The Labute approximate surface area is 96.7 Å². The van der Waals surface area contributed by atoms with Crippen molar-refractivity contribution in [3.8, 4) is 0 Å². The molecule has 0 aliphatic carbocycles. The van der Waals surface area contributed by atoms with Crippen LogP contribution in [-0.2, 0) is 14.3 Å². The smallest absolute Gasteiger partial charge is 0.250 e. The lowest BCUT2D eigenvalue weighted by Gasteiger charge is -2.07. The lowest BCUT2D eigenvalue weighted by Crippen LogP contribution is -2.20. The molecule has 1 aliphatic heterocycles. The van der Waals surface area contributed by atoms with E-state index >= 15 is 0 Å². The number of alkyl halides is 2. The molecule has 1 aliphatic rings. The number of nitrogens with zero attached hydrogens (tertiary/aromatic N) is 1. The van der Waals surface area contributed by atoms with Gasteiger partial charge in [-0.2, -0.15) is 0 Å². The summed E-state index contributed by atoms with van der Waals surface area (Å²) in [7, 11) is 1.35. The van der Waals surface area contributed by atoms with Gasteiger partial charge >= 0.3 is 0 Å². The summed E-state index contributed by atoms with van der Waals surface area (Å²) in [6.45, 7) is -0.165. The summed E-state index contributed by atoms with van der Waals surface area (Å²) in [5.41, 5.74) is -0.161. The quantitative estimate of drug-likeness (QED) is 0.681. The summed E-state index contributed by atoms with van der Waals surface area (Å²) in [6, 6.07) is 0. The highest BCUT2D eigenvalue weighted by molar-refractivity contribution is 6.30. The van der Waals surface area contributed by atoms with Crippen LogP contribution in [0.4, 0.5) is 8.78 Å². The predicted octanol–water partition coefficient (Wildman–Crippen LogP) is 1.18. The molecule has 0 aromatic carbocycles. The zero-order valence-corrected chi connectivity index (χ0v) is 9.10. The highest BCUT2D eigenvalue weighted by Gasteiger charge is 2.24. The van der Waals surface area contributed by atoms with Crippen LogP contribution in [0.2, 0.25) is 0 Å². The van der Waals surface area contributed by atoms with Crippen LogP contribution in [0, 0.1) is 5.92 Å². The maximum atomic E-state index is 12.6. The van der Waals surface area contributed by atoms with Crippen molar-refractivity contribution in [2.45, 2.75) is 6.43 Å². The fraction of sp³-hybridized carbons (Fsp3) is 0.364. The SMILES string of the molecule is COCC(=O)C1=CN=C(C=O)C(C(F)F)C=C1. The van der Waals surface area contributed by atoms with Crippen molar-refractivity contribution >= 4 is 17.8 Å². The molecule has 0 amide bonds. The molecule has 1 rings (SSSR count). The van der Waals surface area contributed by atoms with Gasteiger partial charge in [0.05, 0.1) is 11.6 Å². The van der Waals surface area contributed by atoms with Gasteiger partial charge in [0.1, 0.15) is 6.61 Å². The lowest BCUT2D eigenvalue weighted by atomic mass is 10.0. The van der Waals surface area contributed by atoms with E-state index in [1.54, 1.807) is 0 Å². The second-order valence-electron chi connectivity index (χ2n) is 3.33. The molecule has 6 heteroatoms. The highest BCUT2D eigenvalue weighted by Crippen LogP contribution is 2.18. The minimum Gasteiger partial charge on any atom is -0.377 e. The van der Waals surface area contributed by atoms with Gasteiger partial charge in [-0.1, -0.05) is 12.2 Å². The van der Waals surface area contributed by atoms with Crippen molar-refractivity contribution in [2.24, 2.45) is 10.9 Å². The average molecular weight is 243 g/mol. The van der Waals surface area contributed by atoms with Crippen molar-refractivity contribution in [1.29, 1.82) is 0 Å². The Morgan fingerprint density at radius 1 is 1.65 bits per heavy atom. The summed E-state index contributed by atoms with van der Waals surface area (Å²) in [5.74, 6) is -1.76. The number of hydrogen-bond donors (Lipinski definition) is 0. The molecule has 4 nitrogen and oxygen atoms in total. The van der Waals surface area contributed by atoms with Gasteiger partial charge < -0.3 is 4.74 Å². The maximum absolute atomic E-state index is 12.6. The first kappa shape index (κ1) is 13.4. The second-order valence-corrected chi connectivity index (χ2v) is 3.33. The zero-order valence-electron chi connectivity index (χ0n) is 9.10. The van der Waals surface area contributed by atoms with E-state index in [4.69, 9.17) is 0 Å². The van der Waals surface area contributed by atoms with Gasteiger partial charge in [-0.25, -0.2) is 8.78 Å². The molecule has 92 valence electrons. The minimum absolute atomic E-state index is 0.134. The fourth-order valence-electron chi connectivity index (χ4n) is 1.28. The first-order valence-electron chi connectivity index (χ1n) is 4.81. The topological polar surface area (TPSA) is 55.7 Å². The van der Waals surface area contributed by atoms with Gasteiger partial charge in [-0.05, 0) is 0 Å². The summed E-state index contributed by atoms with van der Waals surface area (Å²) < 4.78 is 29.8. The Balaban J connectivity index is 2.97. The van der Waals surface area contributed by atoms with Gasteiger partial charge in [-0.15, -0.1) is 0 Å². The molecule has 0 aromatic rings. The van der Waals surface area contributed by atoms with E-state index in [1.165, 1.54) is 13.2 Å². The molecule has 0 saturated carbocycles. The third-order valence-electron chi connectivity index (χ3n) is 2.17. The Kier molecular flexibility index (Phi) is 4.84. The number of aliphatic imine (C=N–C) groups is 1. The van der Waals surface area contributed by atoms with Crippen LogP contribution in [-0.4, -0.2) is 37.9 Å². The van der Waals surface area contributed by atoms with Crippen molar-refractivity contribution in [3.05, 3.63) is 23.9 Å². The van der Waals surface area contributed by atoms with E-state index in [0.717, 1.165) is 12.3 Å². The van der Waals surface area contributed by atoms with E-state index in [1.807, 2.05) is 0 Å². The normalized spacial score (nSPS) is 19.6. The number of halogens is 2. The number of ketones is 1. The Morgan fingerprint density at radius 3 is 2.88 bits per heavy atom. The maximum Gasteiger partial charge on any atom is 0.250 e.